The summed E-state index contributed by atoms with van der Waals surface area (Å²) in [5.74, 6) is -0.525. The lowest BCUT2D eigenvalue weighted by molar-refractivity contribution is -0.150. The lowest BCUT2D eigenvalue weighted by atomic mass is 9.84. The Morgan fingerprint density at radius 3 is 2.81 bits per heavy atom. The second kappa shape index (κ2) is 5.87. The lowest BCUT2D eigenvalue weighted by Crippen LogP contribution is -2.46. The van der Waals surface area contributed by atoms with Crippen LogP contribution in [0.4, 0.5) is 0 Å². The van der Waals surface area contributed by atoms with Crippen LogP contribution in [0.5, 0.6) is 0 Å². The van der Waals surface area contributed by atoms with Gasteiger partial charge in [0.05, 0.1) is 6.33 Å². The Bertz CT molecular complexity index is 514. The number of carbonyl (C=O) groups is 2. The van der Waals surface area contributed by atoms with Gasteiger partial charge in [-0.1, -0.05) is 12.8 Å². The van der Waals surface area contributed by atoms with Gasteiger partial charge in [-0.3, -0.25) is 4.79 Å². The number of hydrogen-bond acceptors (Lipinski definition) is 3. The summed E-state index contributed by atoms with van der Waals surface area (Å²) in [6.45, 7) is 0.555. The maximum atomic E-state index is 12.5. The van der Waals surface area contributed by atoms with Crippen LogP contribution in [-0.4, -0.2) is 43.5 Å². The number of amides is 1. The third-order valence-electron chi connectivity index (χ3n) is 4.80. The highest BCUT2D eigenvalue weighted by Crippen LogP contribution is 2.40. The predicted molar refractivity (Wildman–Crippen MR) is 75.5 cm³/mol. The van der Waals surface area contributed by atoms with E-state index in [1.165, 1.54) is 0 Å². The molecular weight excluding hydrogens is 270 g/mol. The first-order valence-electron chi connectivity index (χ1n) is 7.66. The third kappa shape index (κ3) is 2.80. The molecule has 1 N–H and O–H groups in total. The normalized spacial score (nSPS) is 28.4. The Hall–Kier alpha value is -1.85. The van der Waals surface area contributed by atoms with E-state index >= 15 is 0 Å². The van der Waals surface area contributed by atoms with Crippen LogP contribution >= 0.6 is 0 Å². The minimum Gasteiger partial charge on any atom is -0.480 e. The van der Waals surface area contributed by atoms with E-state index in [9.17, 15) is 14.7 Å². The van der Waals surface area contributed by atoms with Gasteiger partial charge in [0.25, 0.3) is 0 Å². The van der Waals surface area contributed by atoms with E-state index in [1.807, 2.05) is 10.8 Å². The second-order valence-corrected chi connectivity index (χ2v) is 6.05. The van der Waals surface area contributed by atoms with Crippen molar-refractivity contribution in [1.29, 1.82) is 0 Å². The number of fused-ring (bicyclic) bond motifs is 1. The molecule has 3 rings (SSSR count). The Morgan fingerprint density at radius 1 is 1.29 bits per heavy atom. The average molecular weight is 291 g/mol. The molecule has 1 aromatic rings. The molecule has 0 unspecified atom stereocenters. The van der Waals surface area contributed by atoms with E-state index in [-0.39, 0.29) is 11.9 Å². The molecular formula is C15H21N3O3. The van der Waals surface area contributed by atoms with Gasteiger partial charge in [-0.05, 0) is 25.2 Å². The number of carboxylic acids is 1. The third-order valence-corrected chi connectivity index (χ3v) is 4.80. The van der Waals surface area contributed by atoms with Crippen molar-refractivity contribution in [2.75, 3.05) is 0 Å². The fourth-order valence-corrected chi connectivity index (χ4v) is 3.81. The molecule has 6 nitrogen and oxygen atoms in total. The zero-order valence-corrected chi connectivity index (χ0v) is 12.0. The minimum atomic E-state index is -0.861. The van der Waals surface area contributed by atoms with Gasteiger partial charge in [0.1, 0.15) is 6.04 Å². The predicted octanol–water partition coefficient (Wildman–Crippen LogP) is 1.52. The number of rotatable bonds is 4. The van der Waals surface area contributed by atoms with E-state index in [1.54, 1.807) is 17.4 Å². The van der Waals surface area contributed by atoms with Crippen LogP contribution in [0.3, 0.4) is 0 Å². The zero-order chi connectivity index (χ0) is 14.8. The molecule has 0 spiro atoms. The van der Waals surface area contributed by atoms with Crippen LogP contribution in [0.2, 0.25) is 0 Å². The molecule has 2 heterocycles. The van der Waals surface area contributed by atoms with E-state index in [0.29, 0.717) is 25.3 Å². The topological polar surface area (TPSA) is 75.4 Å². The van der Waals surface area contributed by atoms with Crippen molar-refractivity contribution in [1.82, 2.24) is 14.5 Å². The summed E-state index contributed by atoms with van der Waals surface area (Å²) in [6.07, 6.45) is 10.4. The van der Waals surface area contributed by atoms with Crippen molar-refractivity contribution in [2.24, 2.45) is 5.92 Å². The second-order valence-electron chi connectivity index (χ2n) is 6.05. The summed E-state index contributed by atoms with van der Waals surface area (Å²) in [5, 5.41) is 9.42. The van der Waals surface area contributed by atoms with Crippen molar-refractivity contribution in [2.45, 2.75) is 57.2 Å². The maximum absolute atomic E-state index is 12.5. The number of carboxylic acid groups (broad SMARTS) is 1. The molecule has 1 saturated heterocycles. The molecule has 1 aromatic heterocycles. The molecule has 1 aliphatic carbocycles. The van der Waals surface area contributed by atoms with Crippen LogP contribution in [-0.2, 0) is 16.1 Å². The highest BCUT2D eigenvalue weighted by Gasteiger charge is 2.47. The number of likely N-dealkylation sites (tertiary alicyclic amines) is 1. The fraction of sp³-hybridized carbons (Fsp3) is 0.667. The zero-order valence-electron chi connectivity index (χ0n) is 12.0. The minimum absolute atomic E-state index is 0.0366. The first-order valence-corrected chi connectivity index (χ1v) is 7.66. The summed E-state index contributed by atoms with van der Waals surface area (Å²) < 4.78 is 1.85. The largest absolute Gasteiger partial charge is 0.480 e. The highest BCUT2D eigenvalue weighted by atomic mass is 16.4. The first kappa shape index (κ1) is 14.1. The number of aryl methyl sites for hydroxylation is 1. The smallest absolute Gasteiger partial charge is 0.326 e. The summed E-state index contributed by atoms with van der Waals surface area (Å²) in [7, 11) is 0. The van der Waals surface area contributed by atoms with Crippen LogP contribution in [0.25, 0.3) is 0 Å². The molecule has 2 fully saturated rings. The molecule has 0 bridgehead atoms. The summed E-state index contributed by atoms with van der Waals surface area (Å²) in [4.78, 5) is 29.6. The van der Waals surface area contributed by atoms with Crippen molar-refractivity contribution in [3.8, 4) is 0 Å². The SMILES string of the molecule is O=C(O)[C@@H]1C[C@@H]2CCCC[C@H]2N1C(=O)CCn1ccnc1. The Labute approximate surface area is 123 Å². The van der Waals surface area contributed by atoms with Gasteiger partial charge in [0.15, 0.2) is 0 Å². The van der Waals surface area contributed by atoms with E-state index < -0.39 is 12.0 Å². The Morgan fingerprint density at radius 2 is 2.10 bits per heavy atom. The molecule has 1 saturated carbocycles. The molecule has 0 aromatic carbocycles. The van der Waals surface area contributed by atoms with Crippen molar-refractivity contribution in [3.63, 3.8) is 0 Å². The summed E-state index contributed by atoms with van der Waals surface area (Å²) in [5.41, 5.74) is 0. The molecule has 6 heteroatoms. The molecule has 2 aliphatic rings. The van der Waals surface area contributed by atoms with Crippen molar-refractivity contribution in [3.05, 3.63) is 18.7 Å². The lowest BCUT2D eigenvalue weighted by Gasteiger charge is -2.33. The molecule has 0 radical (unpaired) electrons. The van der Waals surface area contributed by atoms with E-state index in [0.717, 1.165) is 25.7 Å². The van der Waals surface area contributed by atoms with Gasteiger partial charge in [-0.15, -0.1) is 0 Å². The van der Waals surface area contributed by atoms with E-state index in [2.05, 4.69) is 4.98 Å². The number of carbonyl (C=O) groups excluding carboxylic acids is 1. The monoisotopic (exact) mass is 291 g/mol. The highest BCUT2D eigenvalue weighted by molar-refractivity contribution is 5.84. The number of nitrogens with zero attached hydrogens (tertiary/aromatic N) is 3. The van der Waals surface area contributed by atoms with Gasteiger partial charge >= 0.3 is 5.97 Å². The van der Waals surface area contributed by atoms with Gasteiger partial charge in [-0.25, -0.2) is 9.78 Å². The molecule has 3 atom stereocenters. The van der Waals surface area contributed by atoms with Gasteiger partial charge < -0.3 is 14.6 Å². The maximum Gasteiger partial charge on any atom is 0.326 e. The Balaban J connectivity index is 1.70. The average Bonchev–Trinajstić information content (AvgIpc) is 3.11. The van der Waals surface area contributed by atoms with Crippen molar-refractivity contribution >= 4 is 11.9 Å². The van der Waals surface area contributed by atoms with Gasteiger partial charge in [0.2, 0.25) is 5.91 Å². The standard InChI is InChI=1S/C15H21N3O3/c19-14(5-7-17-8-6-16-10-17)18-12-4-2-1-3-11(12)9-13(18)15(20)21/h6,8,10-13H,1-5,7,9H2,(H,20,21)/t11-,12+,13-/m0/s1. The number of imidazole rings is 1. The first-order chi connectivity index (χ1) is 10.2. The molecule has 1 aliphatic heterocycles. The number of hydrogen-bond donors (Lipinski definition) is 1. The Kier molecular flexibility index (Phi) is 3.94. The number of aliphatic carboxylic acids is 1. The van der Waals surface area contributed by atoms with Crippen LogP contribution in [0.1, 0.15) is 38.5 Å². The van der Waals surface area contributed by atoms with Crippen LogP contribution in [0, 0.1) is 5.92 Å². The molecule has 114 valence electrons. The van der Waals surface area contributed by atoms with Crippen molar-refractivity contribution < 1.29 is 14.7 Å². The summed E-state index contributed by atoms with van der Waals surface area (Å²) >= 11 is 0. The molecule has 21 heavy (non-hydrogen) atoms. The summed E-state index contributed by atoms with van der Waals surface area (Å²) in [6, 6.07) is -0.497. The fourth-order valence-electron chi connectivity index (χ4n) is 3.81. The quantitative estimate of drug-likeness (QED) is 0.912. The van der Waals surface area contributed by atoms with Crippen LogP contribution < -0.4 is 0 Å². The molecule has 1 amide bonds. The van der Waals surface area contributed by atoms with Crippen LogP contribution in [0.15, 0.2) is 18.7 Å². The van der Waals surface area contributed by atoms with Gasteiger partial charge in [0, 0.05) is 31.4 Å². The van der Waals surface area contributed by atoms with E-state index in [4.69, 9.17) is 0 Å². The van der Waals surface area contributed by atoms with Gasteiger partial charge in [-0.2, -0.15) is 0 Å². The number of aromatic nitrogens is 2.